The minimum absolute atomic E-state index is 0.0599. The summed E-state index contributed by atoms with van der Waals surface area (Å²) in [4.78, 5) is 11.6. The fourth-order valence-corrected chi connectivity index (χ4v) is 2.29. The lowest BCUT2D eigenvalue weighted by atomic mass is 10.2. The van der Waals surface area contributed by atoms with Crippen molar-refractivity contribution in [3.8, 4) is 5.75 Å². The SMILES string of the molecule is COc1ccc(/C=C/C(=O)NCCSC(C)(C)C)cc1. The first-order chi connectivity index (χ1) is 9.40. The van der Waals surface area contributed by atoms with E-state index in [1.165, 1.54) is 0 Å². The molecule has 0 atom stereocenters. The van der Waals surface area contributed by atoms with Crippen LogP contribution in [-0.2, 0) is 4.79 Å². The molecular weight excluding hydrogens is 270 g/mol. The number of carbonyl (C=O) groups excluding carboxylic acids is 1. The van der Waals surface area contributed by atoms with Crippen molar-refractivity contribution in [1.29, 1.82) is 0 Å². The maximum atomic E-state index is 11.6. The maximum absolute atomic E-state index is 11.6. The molecule has 0 saturated heterocycles. The summed E-state index contributed by atoms with van der Waals surface area (Å²) in [6, 6.07) is 7.57. The predicted molar refractivity (Wildman–Crippen MR) is 87.2 cm³/mol. The van der Waals surface area contributed by atoms with Crippen molar-refractivity contribution < 1.29 is 9.53 Å². The molecule has 1 amide bonds. The Morgan fingerprint density at radius 3 is 2.50 bits per heavy atom. The lowest BCUT2D eigenvalue weighted by molar-refractivity contribution is -0.116. The molecule has 110 valence electrons. The number of hydrogen-bond donors (Lipinski definition) is 1. The highest BCUT2D eigenvalue weighted by atomic mass is 32.2. The van der Waals surface area contributed by atoms with Gasteiger partial charge in [-0.05, 0) is 23.8 Å². The molecule has 0 aromatic heterocycles. The molecule has 0 saturated carbocycles. The molecule has 1 aromatic rings. The number of ether oxygens (including phenoxy) is 1. The van der Waals surface area contributed by atoms with Gasteiger partial charge in [-0.3, -0.25) is 4.79 Å². The first-order valence-electron chi connectivity index (χ1n) is 6.64. The van der Waals surface area contributed by atoms with E-state index >= 15 is 0 Å². The van der Waals surface area contributed by atoms with E-state index in [1.807, 2.05) is 36.0 Å². The van der Waals surface area contributed by atoms with E-state index in [1.54, 1.807) is 19.3 Å². The van der Waals surface area contributed by atoms with Crippen molar-refractivity contribution in [1.82, 2.24) is 5.32 Å². The van der Waals surface area contributed by atoms with E-state index in [-0.39, 0.29) is 10.7 Å². The van der Waals surface area contributed by atoms with E-state index in [4.69, 9.17) is 4.74 Å². The Labute approximate surface area is 125 Å². The van der Waals surface area contributed by atoms with Gasteiger partial charge in [-0.15, -0.1) is 0 Å². The maximum Gasteiger partial charge on any atom is 0.244 e. The Bertz CT molecular complexity index is 447. The zero-order valence-corrected chi connectivity index (χ0v) is 13.4. The van der Waals surface area contributed by atoms with Crippen LogP contribution < -0.4 is 10.1 Å². The van der Waals surface area contributed by atoms with Crippen molar-refractivity contribution in [3.63, 3.8) is 0 Å². The summed E-state index contributed by atoms with van der Waals surface area (Å²) in [5.74, 6) is 1.67. The van der Waals surface area contributed by atoms with E-state index in [2.05, 4.69) is 26.1 Å². The second-order valence-corrected chi connectivity index (χ2v) is 7.28. The number of hydrogen-bond acceptors (Lipinski definition) is 3. The van der Waals surface area contributed by atoms with Gasteiger partial charge in [-0.25, -0.2) is 0 Å². The van der Waals surface area contributed by atoms with Gasteiger partial charge in [0.1, 0.15) is 5.75 Å². The van der Waals surface area contributed by atoms with Crippen LogP contribution in [0.2, 0.25) is 0 Å². The second kappa shape index (κ2) is 8.00. The fraction of sp³-hybridized carbons (Fsp3) is 0.438. The summed E-state index contributed by atoms with van der Waals surface area (Å²) in [5, 5.41) is 2.88. The Balaban J connectivity index is 2.32. The monoisotopic (exact) mass is 293 g/mol. The van der Waals surface area contributed by atoms with E-state index < -0.39 is 0 Å². The van der Waals surface area contributed by atoms with Crippen LogP contribution in [0.3, 0.4) is 0 Å². The highest BCUT2D eigenvalue weighted by Gasteiger charge is 2.09. The van der Waals surface area contributed by atoms with E-state index in [0.29, 0.717) is 6.54 Å². The fourth-order valence-electron chi connectivity index (χ4n) is 1.48. The normalized spacial score (nSPS) is 11.6. The van der Waals surface area contributed by atoms with Crippen LogP contribution in [-0.4, -0.2) is 30.1 Å². The molecule has 0 aliphatic heterocycles. The van der Waals surface area contributed by atoms with Crippen molar-refractivity contribution in [2.75, 3.05) is 19.4 Å². The molecular formula is C16H23NO2S. The third-order valence-electron chi connectivity index (χ3n) is 2.48. The van der Waals surface area contributed by atoms with Gasteiger partial charge in [-0.2, -0.15) is 11.8 Å². The van der Waals surface area contributed by atoms with E-state index in [0.717, 1.165) is 17.1 Å². The summed E-state index contributed by atoms with van der Waals surface area (Å²) in [6.07, 6.45) is 3.36. The van der Waals surface area contributed by atoms with Gasteiger partial charge in [0.15, 0.2) is 0 Å². The van der Waals surface area contributed by atoms with Crippen LogP contribution in [0.15, 0.2) is 30.3 Å². The Hall–Kier alpha value is -1.42. The first-order valence-corrected chi connectivity index (χ1v) is 7.63. The summed E-state index contributed by atoms with van der Waals surface area (Å²) >= 11 is 1.84. The number of benzene rings is 1. The van der Waals surface area contributed by atoms with Gasteiger partial charge >= 0.3 is 0 Å². The number of carbonyl (C=O) groups is 1. The van der Waals surface area contributed by atoms with E-state index in [9.17, 15) is 4.79 Å². The van der Waals surface area contributed by atoms with Crippen LogP contribution in [0.1, 0.15) is 26.3 Å². The smallest absolute Gasteiger partial charge is 0.244 e. The highest BCUT2D eigenvalue weighted by Crippen LogP contribution is 2.21. The predicted octanol–water partition coefficient (Wildman–Crippen LogP) is 3.36. The third kappa shape index (κ3) is 7.24. The standard InChI is InChI=1S/C16H23NO2S/c1-16(2,3)20-12-11-17-15(18)10-7-13-5-8-14(19-4)9-6-13/h5-10H,11-12H2,1-4H3,(H,17,18)/b10-7+. The van der Waals surface area contributed by atoms with Gasteiger partial charge in [0, 0.05) is 23.1 Å². The molecule has 20 heavy (non-hydrogen) atoms. The van der Waals surface area contributed by atoms with Crippen LogP contribution in [0.5, 0.6) is 5.75 Å². The van der Waals surface area contributed by atoms with Crippen molar-refractivity contribution in [2.24, 2.45) is 0 Å². The first kappa shape index (κ1) is 16.6. The molecule has 0 heterocycles. The molecule has 0 radical (unpaired) electrons. The molecule has 1 rings (SSSR count). The van der Waals surface area contributed by atoms with Crippen LogP contribution >= 0.6 is 11.8 Å². The molecule has 0 fully saturated rings. The lowest BCUT2D eigenvalue weighted by Crippen LogP contribution is -2.25. The topological polar surface area (TPSA) is 38.3 Å². The Kier molecular flexibility index (Phi) is 6.65. The summed E-state index contributed by atoms with van der Waals surface area (Å²) in [7, 11) is 1.63. The summed E-state index contributed by atoms with van der Waals surface area (Å²) < 4.78 is 5.32. The summed E-state index contributed by atoms with van der Waals surface area (Å²) in [5.41, 5.74) is 0.977. The molecule has 0 aliphatic carbocycles. The van der Waals surface area contributed by atoms with Crippen molar-refractivity contribution in [2.45, 2.75) is 25.5 Å². The highest BCUT2D eigenvalue weighted by molar-refractivity contribution is 8.00. The Morgan fingerprint density at radius 2 is 1.95 bits per heavy atom. The van der Waals surface area contributed by atoms with Crippen LogP contribution in [0.25, 0.3) is 6.08 Å². The Morgan fingerprint density at radius 1 is 1.30 bits per heavy atom. The molecule has 0 aliphatic rings. The molecule has 1 aromatic carbocycles. The number of rotatable bonds is 6. The van der Waals surface area contributed by atoms with Gasteiger partial charge in [0.2, 0.25) is 5.91 Å². The average Bonchev–Trinajstić information content (AvgIpc) is 2.41. The quantitative estimate of drug-likeness (QED) is 0.645. The lowest BCUT2D eigenvalue weighted by Gasteiger charge is -2.17. The minimum atomic E-state index is -0.0599. The van der Waals surface area contributed by atoms with Gasteiger partial charge in [0.05, 0.1) is 7.11 Å². The van der Waals surface area contributed by atoms with Gasteiger partial charge in [-0.1, -0.05) is 32.9 Å². The zero-order valence-electron chi connectivity index (χ0n) is 12.6. The average molecular weight is 293 g/mol. The molecule has 0 bridgehead atoms. The summed E-state index contributed by atoms with van der Waals surface area (Å²) in [6.45, 7) is 7.20. The second-order valence-electron chi connectivity index (χ2n) is 5.36. The number of amides is 1. The van der Waals surface area contributed by atoms with Crippen LogP contribution in [0.4, 0.5) is 0 Å². The van der Waals surface area contributed by atoms with Gasteiger partial charge in [0.25, 0.3) is 0 Å². The molecule has 1 N–H and O–H groups in total. The molecule has 3 nitrogen and oxygen atoms in total. The molecule has 4 heteroatoms. The van der Waals surface area contributed by atoms with Crippen molar-refractivity contribution >= 4 is 23.7 Å². The number of methoxy groups -OCH3 is 1. The largest absolute Gasteiger partial charge is 0.497 e. The molecule has 0 spiro atoms. The minimum Gasteiger partial charge on any atom is -0.497 e. The number of nitrogens with one attached hydrogen (secondary N) is 1. The van der Waals surface area contributed by atoms with Crippen molar-refractivity contribution in [3.05, 3.63) is 35.9 Å². The molecule has 0 unspecified atom stereocenters. The van der Waals surface area contributed by atoms with Gasteiger partial charge < -0.3 is 10.1 Å². The number of thioether (sulfide) groups is 1. The zero-order chi connectivity index (χ0) is 15.0. The van der Waals surface area contributed by atoms with Crippen LogP contribution in [0, 0.1) is 0 Å². The third-order valence-corrected chi connectivity index (χ3v) is 3.75.